The third-order valence-corrected chi connectivity index (χ3v) is 6.28. The average Bonchev–Trinajstić information content (AvgIpc) is 3.27. The maximum Gasteiger partial charge on any atom is 0.251 e. The maximum absolute atomic E-state index is 12.4. The molecule has 1 heterocycles. The summed E-state index contributed by atoms with van der Waals surface area (Å²) in [6.07, 6.45) is 5.56. The fourth-order valence-electron chi connectivity index (χ4n) is 4.66. The van der Waals surface area contributed by atoms with Gasteiger partial charge in [0.25, 0.3) is 5.91 Å². The molecule has 1 aliphatic heterocycles. The molecule has 2 aliphatic rings. The third-order valence-electron chi connectivity index (χ3n) is 6.28. The Balaban J connectivity index is 1.32. The van der Waals surface area contributed by atoms with Crippen molar-refractivity contribution in [3.63, 3.8) is 0 Å². The van der Waals surface area contributed by atoms with E-state index in [-0.39, 0.29) is 17.6 Å². The van der Waals surface area contributed by atoms with Gasteiger partial charge in [-0.3, -0.25) is 9.79 Å². The molecule has 0 bridgehead atoms. The van der Waals surface area contributed by atoms with Crippen LogP contribution in [0.5, 0.6) is 11.5 Å². The quantitative estimate of drug-likeness (QED) is 0.367. The number of carbonyl (C=O) groups excluding carboxylic acids is 1. The molecule has 1 atom stereocenters. The molecule has 1 aliphatic carbocycles. The van der Waals surface area contributed by atoms with E-state index in [1.807, 2.05) is 18.2 Å². The Kier molecular flexibility index (Phi) is 6.83. The van der Waals surface area contributed by atoms with Crippen LogP contribution in [0.15, 0.2) is 53.5 Å². The van der Waals surface area contributed by atoms with Gasteiger partial charge in [-0.15, -0.1) is 0 Å². The highest BCUT2D eigenvalue weighted by molar-refractivity contribution is 5.94. The van der Waals surface area contributed by atoms with Gasteiger partial charge in [0.1, 0.15) is 17.1 Å². The molecule has 4 rings (SSSR count). The standard InChI is InChI=1S/C25H32N4O3/c1-26-24(28-15-14-27-23(30)18-8-7-9-19(16-18)31-2)29-21-17-25(12-5-6-13-25)32-22-11-4-3-10-20(21)22/h3-4,7-11,16,21H,5-6,12-15,17H2,1-2H3,(H,27,30)(H2,26,28,29). The fraction of sp³-hybridized carbons (Fsp3) is 0.440. The summed E-state index contributed by atoms with van der Waals surface area (Å²) in [6.45, 7) is 1.04. The van der Waals surface area contributed by atoms with Gasteiger partial charge in [-0.2, -0.15) is 0 Å². The maximum atomic E-state index is 12.4. The molecule has 170 valence electrons. The molecule has 2 aromatic carbocycles. The number of fused-ring (bicyclic) bond motifs is 1. The van der Waals surface area contributed by atoms with Crippen molar-refractivity contribution in [1.82, 2.24) is 16.0 Å². The molecule has 7 heteroatoms. The fourth-order valence-corrected chi connectivity index (χ4v) is 4.66. The van der Waals surface area contributed by atoms with Crippen LogP contribution in [0.2, 0.25) is 0 Å². The molecule has 0 radical (unpaired) electrons. The van der Waals surface area contributed by atoms with E-state index in [9.17, 15) is 4.79 Å². The lowest BCUT2D eigenvalue weighted by Gasteiger charge is -2.40. The third kappa shape index (κ3) is 4.98. The van der Waals surface area contributed by atoms with Gasteiger partial charge in [0.05, 0.1) is 13.2 Å². The van der Waals surface area contributed by atoms with Crippen molar-refractivity contribution in [2.45, 2.75) is 43.7 Å². The van der Waals surface area contributed by atoms with Crippen LogP contribution >= 0.6 is 0 Å². The van der Waals surface area contributed by atoms with Crippen LogP contribution in [0.3, 0.4) is 0 Å². The van der Waals surface area contributed by atoms with Gasteiger partial charge >= 0.3 is 0 Å². The van der Waals surface area contributed by atoms with E-state index in [0.717, 1.165) is 31.0 Å². The lowest BCUT2D eigenvalue weighted by atomic mass is 9.86. The number of benzene rings is 2. The van der Waals surface area contributed by atoms with Crippen LogP contribution < -0.4 is 25.4 Å². The SMILES string of the molecule is CN=C(NCCNC(=O)c1cccc(OC)c1)NC1CC2(CCCC2)Oc2ccccc21. The minimum atomic E-state index is -0.129. The van der Waals surface area contributed by atoms with Crippen molar-refractivity contribution in [2.75, 3.05) is 27.2 Å². The highest BCUT2D eigenvalue weighted by Gasteiger charge is 2.43. The number of nitrogens with one attached hydrogen (secondary N) is 3. The number of methoxy groups -OCH3 is 1. The summed E-state index contributed by atoms with van der Waals surface area (Å²) in [5.41, 5.74) is 1.67. The number of aliphatic imine (C=N–C) groups is 1. The topological polar surface area (TPSA) is 84.0 Å². The van der Waals surface area contributed by atoms with Crippen molar-refractivity contribution >= 4 is 11.9 Å². The summed E-state index contributed by atoms with van der Waals surface area (Å²) < 4.78 is 11.6. The van der Waals surface area contributed by atoms with E-state index in [0.29, 0.717) is 24.4 Å². The number of ether oxygens (including phenoxy) is 2. The minimum Gasteiger partial charge on any atom is -0.497 e. The summed E-state index contributed by atoms with van der Waals surface area (Å²) in [5, 5.41) is 9.82. The van der Waals surface area contributed by atoms with Gasteiger partial charge in [-0.25, -0.2) is 0 Å². The number of hydrogen-bond acceptors (Lipinski definition) is 4. The van der Waals surface area contributed by atoms with Gasteiger partial charge in [-0.05, 0) is 49.9 Å². The number of guanidine groups is 1. The van der Waals surface area contributed by atoms with Gasteiger partial charge < -0.3 is 25.4 Å². The molecule has 1 spiro atoms. The van der Waals surface area contributed by atoms with Crippen molar-refractivity contribution in [3.05, 3.63) is 59.7 Å². The second-order valence-electron chi connectivity index (χ2n) is 8.42. The largest absolute Gasteiger partial charge is 0.497 e. The first-order valence-electron chi connectivity index (χ1n) is 11.3. The molecule has 0 saturated heterocycles. The summed E-state index contributed by atoms with van der Waals surface area (Å²) in [5.74, 6) is 2.22. The molecule has 3 N–H and O–H groups in total. The first-order valence-corrected chi connectivity index (χ1v) is 11.3. The van der Waals surface area contributed by atoms with Crippen LogP contribution in [0.25, 0.3) is 0 Å². The summed E-state index contributed by atoms with van der Waals surface area (Å²) in [4.78, 5) is 16.8. The zero-order valence-electron chi connectivity index (χ0n) is 18.8. The zero-order valence-corrected chi connectivity index (χ0v) is 18.8. The van der Waals surface area contributed by atoms with E-state index in [2.05, 4.69) is 33.1 Å². The van der Waals surface area contributed by atoms with Crippen LogP contribution in [-0.4, -0.2) is 44.7 Å². The predicted octanol–water partition coefficient (Wildman–Crippen LogP) is 3.43. The van der Waals surface area contributed by atoms with Gasteiger partial charge in [0, 0.05) is 37.7 Å². The second kappa shape index (κ2) is 9.94. The number of rotatable bonds is 6. The highest BCUT2D eigenvalue weighted by atomic mass is 16.5. The normalized spacial score (nSPS) is 19.1. The van der Waals surface area contributed by atoms with Crippen molar-refractivity contribution in [3.8, 4) is 11.5 Å². The first-order chi connectivity index (χ1) is 15.6. The molecular formula is C25H32N4O3. The van der Waals surface area contributed by atoms with Crippen molar-refractivity contribution < 1.29 is 14.3 Å². The Morgan fingerprint density at radius 3 is 2.69 bits per heavy atom. The Labute approximate surface area is 189 Å². The van der Waals surface area contributed by atoms with Crippen LogP contribution in [-0.2, 0) is 0 Å². The van der Waals surface area contributed by atoms with E-state index >= 15 is 0 Å². The predicted molar refractivity (Wildman–Crippen MR) is 125 cm³/mol. The highest BCUT2D eigenvalue weighted by Crippen LogP contribution is 2.46. The summed E-state index contributed by atoms with van der Waals surface area (Å²) >= 11 is 0. The number of hydrogen-bond donors (Lipinski definition) is 3. The van der Waals surface area contributed by atoms with Crippen LogP contribution in [0.1, 0.15) is 54.1 Å². The van der Waals surface area contributed by atoms with E-state index in [4.69, 9.17) is 9.47 Å². The monoisotopic (exact) mass is 436 g/mol. The lowest BCUT2D eigenvalue weighted by Crippen LogP contribution is -2.47. The summed E-state index contributed by atoms with van der Waals surface area (Å²) in [6, 6.07) is 15.5. The molecule has 32 heavy (non-hydrogen) atoms. The molecule has 1 fully saturated rings. The Morgan fingerprint density at radius 2 is 1.91 bits per heavy atom. The van der Waals surface area contributed by atoms with Gasteiger partial charge in [-0.1, -0.05) is 24.3 Å². The minimum absolute atomic E-state index is 0.0738. The molecule has 1 saturated carbocycles. The van der Waals surface area contributed by atoms with Crippen LogP contribution in [0, 0.1) is 0 Å². The second-order valence-corrected chi connectivity index (χ2v) is 8.42. The Morgan fingerprint density at radius 1 is 1.12 bits per heavy atom. The average molecular weight is 437 g/mol. The summed E-state index contributed by atoms with van der Waals surface area (Å²) in [7, 11) is 3.35. The van der Waals surface area contributed by atoms with E-state index in [1.165, 1.54) is 18.4 Å². The first kappa shape index (κ1) is 22.0. The van der Waals surface area contributed by atoms with E-state index < -0.39 is 0 Å². The number of nitrogens with zero attached hydrogens (tertiary/aromatic N) is 1. The number of para-hydroxylation sites is 1. The van der Waals surface area contributed by atoms with Gasteiger partial charge in [0.15, 0.2) is 5.96 Å². The van der Waals surface area contributed by atoms with Crippen LogP contribution in [0.4, 0.5) is 0 Å². The molecule has 1 amide bonds. The van der Waals surface area contributed by atoms with Crippen molar-refractivity contribution in [1.29, 1.82) is 0 Å². The lowest BCUT2D eigenvalue weighted by molar-refractivity contribution is 0.0396. The molecule has 2 aromatic rings. The molecule has 0 aromatic heterocycles. The van der Waals surface area contributed by atoms with Crippen molar-refractivity contribution in [2.24, 2.45) is 4.99 Å². The molecule has 7 nitrogen and oxygen atoms in total. The smallest absolute Gasteiger partial charge is 0.251 e. The molecule has 1 unspecified atom stereocenters. The number of amides is 1. The number of carbonyl (C=O) groups is 1. The Hall–Kier alpha value is -3.22. The molecular weight excluding hydrogens is 404 g/mol. The van der Waals surface area contributed by atoms with Gasteiger partial charge in [0.2, 0.25) is 0 Å². The zero-order chi connectivity index (χ0) is 22.4. The Bertz CT molecular complexity index is 969. The van der Waals surface area contributed by atoms with E-state index in [1.54, 1.807) is 32.4 Å².